The van der Waals surface area contributed by atoms with Gasteiger partial charge in [-0.3, -0.25) is 9.79 Å². The topological polar surface area (TPSA) is 89.0 Å². The molecule has 8 heteroatoms. The minimum absolute atomic E-state index is 0.411. The van der Waals surface area contributed by atoms with Crippen LogP contribution in [0.15, 0.2) is 29.5 Å². The maximum absolute atomic E-state index is 12.6. The normalized spacial score (nSPS) is 15.3. The van der Waals surface area contributed by atoms with Gasteiger partial charge in [0.25, 0.3) is 5.91 Å². The molecule has 1 amide bonds. The van der Waals surface area contributed by atoms with Crippen LogP contribution in [0.4, 0.5) is 11.4 Å². The Kier molecular flexibility index (Phi) is 6.00. The fourth-order valence-electron chi connectivity index (χ4n) is 5.22. The second kappa shape index (κ2) is 9.10. The molecular formula is C26H32N6O2. The lowest BCUT2D eigenvalue weighted by atomic mass is 9.93. The molecule has 3 heterocycles. The summed E-state index contributed by atoms with van der Waals surface area (Å²) in [4.78, 5) is 26.5. The summed E-state index contributed by atoms with van der Waals surface area (Å²) >= 11 is 0. The van der Waals surface area contributed by atoms with Crippen LogP contribution in [0.5, 0.6) is 5.75 Å². The Labute approximate surface area is 200 Å². The number of aliphatic imine (C=N–C) groups is 1. The Morgan fingerprint density at radius 1 is 1.24 bits per heavy atom. The molecule has 0 saturated carbocycles. The molecule has 2 aliphatic heterocycles. The van der Waals surface area contributed by atoms with E-state index in [4.69, 9.17) is 10.5 Å². The first kappa shape index (κ1) is 22.4. The lowest BCUT2D eigenvalue weighted by molar-refractivity contribution is 0.1000. The van der Waals surface area contributed by atoms with Gasteiger partial charge in [-0.1, -0.05) is 0 Å². The first-order valence-corrected chi connectivity index (χ1v) is 12.0. The number of likely N-dealkylation sites (N-methyl/N-ethyl adjacent to an activating group) is 1. The van der Waals surface area contributed by atoms with Crippen LogP contribution in [0.25, 0.3) is 22.2 Å². The number of aryl methyl sites for hydroxylation is 1. The highest BCUT2D eigenvalue weighted by Gasteiger charge is 2.26. The van der Waals surface area contributed by atoms with Crippen molar-refractivity contribution >= 4 is 34.5 Å². The number of primary amides is 1. The fraction of sp³-hybridized carbons (Fsp3) is 0.423. The van der Waals surface area contributed by atoms with Gasteiger partial charge in [0.15, 0.2) is 0 Å². The molecule has 34 heavy (non-hydrogen) atoms. The minimum Gasteiger partial charge on any atom is -0.494 e. The number of ether oxygens (including phenoxy) is 1. The minimum atomic E-state index is -0.411. The quantitative estimate of drug-likeness (QED) is 0.555. The summed E-state index contributed by atoms with van der Waals surface area (Å²) in [6.45, 7) is 6.97. The number of imidazole rings is 1. The average molecular weight is 461 g/mol. The molecule has 0 aliphatic carbocycles. The van der Waals surface area contributed by atoms with Crippen LogP contribution >= 0.6 is 0 Å². The molecule has 3 aromatic rings. The molecule has 0 spiro atoms. The Hall–Kier alpha value is -3.39. The zero-order valence-electron chi connectivity index (χ0n) is 20.2. The molecule has 0 atom stereocenters. The number of likely N-dealkylation sites (tertiary alicyclic amines) is 1. The Morgan fingerprint density at radius 3 is 2.74 bits per heavy atom. The van der Waals surface area contributed by atoms with Crippen LogP contribution in [0.1, 0.15) is 35.7 Å². The van der Waals surface area contributed by atoms with Crippen molar-refractivity contribution in [3.63, 3.8) is 0 Å². The lowest BCUT2D eigenvalue weighted by Gasteiger charge is -2.27. The molecular weight excluding hydrogens is 428 g/mol. The van der Waals surface area contributed by atoms with Gasteiger partial charge in [-0.25, -0.2) is 4.98 Å². The third-order valence-corrected chi connectivity index (χ3v) is 7.05. The standard InChI is InChI=1S/C26H32N6O2/c1-4-32-16-29-20-13-17(14-22(34-3)25(20)32)19-15-21(30(2)11-12-31-9-5-6-10-31)23(26(27)33)18-7-8-28-24(18)19/h8,13-16H,4-7,9-12H2,1-3H3,(H2,27,33). The number of carbonyl (C=O) groups excluding carboxylic acids is 1. The SMILES string of the molecule is CCn1cnc2cc(-c3cc(N(C)CCN4CCCC4)c(C(N)=O)c4c3N=CC4)cc(OC)c21. The van der Waals surface area contributed by atoms with Crippen LogP contribution in [-0.2, 0) is 13.0 Å². The number of nitrogens with zero attached hydrogens (tertiary/aromatic N) is 5. The molecule has 0 unspecified atom stereocenters. The molecule has 1 saturated heterocycles. The molecule has 5 rings (SSSR count). The molecule has 0 radical (unpaired) electrons. The molecule has 1 fully saturated rings. The molecule has 2 aliphatic rings. The van der Waals surface area contributed by atoms with Gasteiger partial charge in [0.05, 0.1) is 35.9 Å². The smallest absolute Gasteiger partial charge is 0.251 e. The first-order chi connectivity index (χ1) is 16.5. The van der Waals surface area contributed by atoms with E-state index in [-0.39, 0.29) is 0 Å². The van der Waals surface area contributed by atoms with E-state index >= 15 is 0 Å². The fourth-order valence-corrected chi connectivity index (χ4v) is 5.22. The zero-order valence-corrected chi connectivity index (χ0v) is 20.2. The lowest BCUT2D eigenvalue weighted by Crippen LogP contribution is -2.32. The van der Waals surface area contributed by atoms with Gasteiger partial charge >= 0.3 is 0 Å². The van der Waals surface area contributed by atoms with Crippen LogP contribution < -0.4 is 15.4 Å². The molecule has 0 bridgehead atoms. The average Bonchev–Trinajstić information content (AvgIpc) is 3.61. The van der Waals surface area contributed by atoms with E-state index in [1.165, 1.54) is 12.8 Å². The van der Waals surface area contributed by atoms with E-state index in [1.54, 1.807) is 7.11 Å². The molecule has 2 aromatic carbocycles. The van der Waals surface area contributed by atoms with Crippen LogP contribution in [0.2, 0.25) is 0 Å². The molecule has 178 valence electrons. The summed E-state index contributed by atoms with van der Waals surface area (Å²) in [6.07, 6.45) is 6.81. The largest absolute Gasteiger partial charge is 0.494 e. The highest BCUT2D eigenvalue weighted by molar-refractivity contribution is 6.07. The summed E-state index contributed by atoms with van der Waals surface area (Å²) in [5.41, 5.74) is 12.8. The number of rotatable bonds is 8. The van der Waals surface area contributed by atoms with Crippen molar-refractivity contribution in [1.82, 2.24) is 14.5 Å². The molecule has 1 aromatic heterocycles. The van der Waals surface area contributed by atoms with Crippen LogP contribution in [0.3, 0.4) is 0 Å². The highest BCUT2D eigenvalue weighted by Crippen LogP contribution is 2.44. The van der Waals surface area contributed by atoms with E-state index in [9.17, 15) is 4.79 Å². The monoisotopic (exact) mass is 460 g/mol. The number of aromatic nitrogens is 2. The number of anilines is 1. The van der Waals surface area contributed by atoms with E-state index < -0.39 is 5.91 Å². The van der Waals surface area contributed by atoms with Crippen molar-refractivity contribution in [3.8, 4) is 16.9 Å². The number of benzene rings is 2. The van der Waals surface area contributed by atoms with Crippen molar-refractivity contribution < 1.29 is 9.53 Å². The van der Waals surface area contributed by atoms with Crippen LogP contribution in [-0.4, -0.2) is 66.9 Å². The third kappa shape index (κ3) is 3.81. The van der Waals surface area contributed by atoms with E-state index in [0.29, 0.717) is 12.0 Å². The number of hydrogen-bond donors (Lipinski definition) is 1. The van der Waals surface area contributed by atoms with Crippen molar-refractivity contribution in [2.24, 2.45) is 10.7 Å². The summed E-state index contributed by atoms with van der Waals surface area (Å²) in [5, 5.41) is 0. The predicted octanol–water partition coefficient (Wildman–Crippen LogP) is 3.62. The highest BCUT2D eigenvalue weighted by atomic mass is 16.5. The van der Waals surface area contributed by atoms with Gasteiger partial charge in [0.1, 0.15) is 11.3 Å². The second-order valence-electron chi connectivity index (χ2n) is 9.07. The Bertz CT molecular complexity index is 1270. The Morgan fingerprint density at radius 2 is 2.03 bits per heavy atom. The molecule has 2 N–H and O–H groups in total. The number of nitrogens with two attached hydrogens (primary N) is 1. The van der Waals surface area contributed by atoms with Gasteiger partial charge in [-0.2, -0.15) is 0 Å². The number of hydrogen-bond acceptors (Lipinski definition) is 6. The summed E-state index contributed by atoms with van der Waals surface area (Å²) in [5.74, 6) is 0.358. The van der Waals surface area contributed by atoms with Crippen LogP contribution in [0, 0.1) is 0 Å². The summed E-state index contributed by atoms with van der Waals surface area (Å²) in [6, 6.07) is 6.17. The van der Waals surface area contributed by atoms with Crippen molar-refractivity contribution in [1.29, 1.82) is 0 Å². The summed E-state index contributed by atoms with van der Waals surface area (Å²) < 4.78 is 7.83. The maximum Gasteiger partial charge on any atom is 0.251 e. The van der Waals surface area contributed by atoms with Crippen molar-refractivity contribution in [2.75, 3.05) is 45.2 Å². The van der Waals surface area contributed by atoms with Gasteiger partial charge in [0, 0.05) is 44.9 Å². The summed E-state index contributed by atoms with van der Waals surface area (Å²) in [7, 11) is 3.72. The van der Waals surface area contributed by atoms with E-state index in [0.717, 1.165) is 77.6 Å². The van der Waals surface area contributed by atoms with E-state index in [1.807, 2.05) is 25.7 Å². The number of carbonyl (C=O) groups is 1. The van der Waals surface area contributed by atoms with Gasteiger partial charge in [-0.05, 0) is 62.2 Å². The zero-order chi connectivity index (χ0) is 23.8. The number of fused-ring (bicyclic) bond motifs is 2. The molecule has 8 nitrogen and oxygen atoms in total. The first-order valence-electron chi connectivity index (χ1n) is 12.0. The third-order valence-electron chi connectivity index (χ3n) is 7.05. The Balaban J connectivity index is 1.63. The van der Waals surface area contributed by atoms with Crippen molar-refractivity contribution in [3.05, 3.63) is 35.7 Å². The second-order valence-corrected chi connectivity index (χ2v) is 9.07. The van der Waals surface area contributed by atoms with E-state index in [2.05, 4.69) is 43.4 Å². The predicted molar refractivity (Wildman–Crippen MR) is 137 cm³/mol. The maximum atomic E-state index is 12.6. The van der Waals surface area contributed by atoms with Gasteiger partial charge in [0.2, 0.25) is 0 Å². The number of methoxy groups -OCH3 is 1. The van der Waals surface area contributed by atoms with Gasteiger partial charge in [-0.15, -0.1) is 0 Å². The van der Waals surface area contributed by atoms with Gasteiger partial charge < -0.3 is 24.8 Å². The van der Waals surface area contributed by atoms with Crippen molar-refractivity contribution in [2.45, 2.75) is 32.7 Å². The number of amides is 1.